The molecule has 1 unspecified atom stereocenters. The molecule has 2 aromatic heterocycles. The van der Waals surface area contributed by atoms with Crippen molar-refractivity contribution >= 4 is 17.5 Å². The molecule has 0 radical (unpaired) electrons. The summed E-state index contributed by atoms with van der Waals surface area (Å²) in [5.74, 6) is -1.40. The first-order valence-electron chi connectivity index (χ1n) is 7.22. The molecule has 2 N–H and O–H groups in total. The number of rotatable bonds is 4. The lowest BCUT2D eigenvalue weighted by Crippen LogP contribution is -2.19. The smallest absolute Gasteiger partial charge is 0.356 e. The molecule has 0 bridgehead atoms. The maximum absolute atomic E-state index is 11.4. The largest absolute Gasteiger partial charge is 0.478 e. The highest BCUT2D eigenvalue weighted by molar-refractivity contribution is 5.95. The van der Waals surface area contributed by atoms with E-state index in [4.69, 9.17) is 5.11 Å². The van der Waals surface area contributed by atoms with Gasteiger partial charge in [0, 0.05) is 18.7 Å². The summed E-state index contributed by atoms with van der Waals surface area (Å²) >= 11 is 0. The predicted octanol–water partition coefficient (Wildman–Crippen LogP) is 1.54. The van der Waals surface area contributed by atoms with E-state index in [1.54, 1.807) is 4.40 Å². The van der Waals surface area contributed by atoms with Gasteiger partial charge in [0.05, 0.1) is 11.1 Å². The van der Waals surface area contributed by atoms with E-state index >= 15 is 0 Å². The third-order valence-corrected chi connectivity index (χ3v) is 4.20. The third-order valence-electron chi connectivity index (χ3n) is 4.20. The van der Waals surface area contributed by atoms with Crippen LogP contribution in [-0.2, 0) is 0 Å². The lowest BCUT2D eigenvalue weighted by Gasteiger charge is -2.12. The number of aromatic nitrogens is 2. The first kappa shape index (κ1) is 14.5. The number of likely N-dealkylation sites (N-methyl/N-ethyl adjacent to an activating group) is 1. The molecule has 7 nitrogen and oxygen atoms in total. The summed E-state index contributed by atoms with van der Waals surface area (Å²) in [5, 5.41) is 18.5. The van der Waals surface area contributed by atoms with E-state index in [0.717, 1.165) is 26.1 Å². The SMILES string of the molecule is CCN1CCC(c2nc(C(=O)O)c3ccc(C(=O)O)cn23)C1. The average Bonchev–Trinajstić information content (AvgIpc) is 3.10. The van der Waals surface area contributed by atoms with E-state index in [-0.39, 0.29) is 17.2 Å². The van der Waals surface area contributed by atoms with Crippen LogP contribution in [0.15, 0.2) is 18.3 Å². The Kier molecular flexibility index (Phi) is 3.58. The van der Waals surface area contributed by atoms with Gasteiger partial charge in [0.25, 0.3) is 0 Å². The quantitative estimate of drug-likeness (QED) is 0.889. The summed E-state index contributed by atoms with van der Waals surface area (Å²) in [6.07, 6.45) is 2.35. The average molecular weight is 303 g/mol. The summed E-state index contributed by atoms with van der Waals surface area (Å²) in [7, 11) is 0. The summed E-state index contributed by atoms with van der Waals surface area (Å²) in [5.41, 5.74) is 0.526. The first-order chi connectivity index (χ1) is 10.5. The Morgan fingerprint density at radius 1 is 1.32 bits per heavy atom. The molecule has 1 aliphatic rings. The van der Waals surface area contributed by atoms with Gasteiger partial charge in [0.15, 0.2) is 5.69 Å². The lowest BCUT2D eigenvalue weighted by atomic mass is 10.1. The van der Waals surface area contributed by atoms with Gasteiger partial charge in [-0.15, -0.1) is 0 Å². The number of nitrogens with zero attached hydrogens (tertiary/aromatic N) is 3. The highest BCUT2D eigenvalue weighted by Gasteiger charge is 2.28. The molecule has 116 valence electrons. The summed E-state index contributed by atoms with van der Waals surface area (Å²) in [4.78, 5) is 29.1. The van der Waals surface area contributed by atoms with E-state index in [9.17, 15) is 14.7 Å². The maximum Gasteiger partial charge on any atom is 0.356 e. The Morgan fingerprint density at radius 3 is 2.68 bits per heavy atom. The molecule has 1 saturated heterocycles. The van der Waals surface area contributed by atoms with Crippen molar-refractivity contribution in [2.75, 3.05) is 19.6 Å². The minimum Gasteiger partial charge on any atom is -0.478 e. The third kappa shape index (κ3) is 2.33. The Morgan fingerprint density at radius 2 is 2.09 bits per heavy atom. The van der Waals surface area contributed by atoms with Gasteiger partial charge in [-0.3, -0.25) is 0 Å². The fourth-order valence-corrected chi connectivity index (χ4v) is 3.01. The normalized spacial score (nSPS) is 18.9. The topological polar surface area (TPSA) is 95.1 Å². The van der Waals surface area contributed by atoms with Crippen molar-refractivity contribution < 1.29 is 19.8 Å². The number of hydrogen-bond acceptors (Lipinski definition) is 4. The number of carbonyl (C=O) groups is 2. The zero-order chi connectivity index (χ0) is 15.9. The molecular weight excluding hydrogens is 286 g/mol. The van der Waals surface area contributed by atoms with Gasteiger partial charge in [0.1, 0.15) is 5.82 Å². The zero-order valence-corrected chi connectivity index (χ0v) is 12.2. The van der Waals surface area contributed by atoms with Gasteiger partial charge in [0.2, 0.25) is 0 Å². The standard InChI is InChI=1S/C15H17N3O4/c1-2-17-6-5-9(7-17)13-16-12(15(21)22)11-4-3-10(14(19)20)8-18(11)13/h3-4,8-9H,2,5-7H2,1H3,(H,19,20)(H,21,22). The van der Waals surface area contributed by atoms with Crippen molar-refractivity contribution in [2.24, 2.45) is 0 Å². The van der Waals surface area contributed by atoms with Crippen LogP contribution in [0.5, 0.6) is 0 Å². The number of carboxylic acid groups (broad SMARTS) is 2. The number of carboxylic acids is 2. The predicted molar refractivity (Wildman–Crippen MR) is 78.6 cm³/mol. The monoisotopic (exact) mass is 303 g/mol. The summed E-state index contributed by atoms with van der Waals surface area (Å²) < 4.78 is 1.62. The molecule has 0 spiro atoms. The van der Waals surface area contributed by atoms with Crippen LogP contribution in [0.1, 0.15) is 45.9 Å². The molecule has 3 heterocycles. The minimum absolute atomic E-state index is 0.0260. The zero-order valence-electron chi connectivity index (χ0n) is 12.2. The van der Waals surface area contributed by atoms with Crippen molar-refractivity contribution in [1.29, 1.82) is 0 Å². The number of hydrogen-bond donors (Lipinski definition) is 2. The van der Waals surface area contributed by atoms with Gasteiger partial charge in [-0.2, -0.15) is 0 Å². The lowest BCUT2D eigenvalue weighted by molar-refractivity contribution is 0.0684. The molecule has 7 heteroatoms. The molecule has 0 amide bonds. The van der Waals surface area contributed by atoms with Gasteiger partial charge < -0.3 is 19.5 Å². The molecule has 22 heavy (non-hydrogen) atoms. The maximum atomic E-state index is 11.4. The van der Waals surface area contributed by atoms with Crippen LogP contribution in [0, 0.1) is 0 Å². The Balaban J connectivity index is 2.13. The number of fused-ring (bicyclic) bond motifs is 1. The van der Waals surface area contributed by atoms with Crippen molar-refractivity contribution in [3.63, 3.8) is 0 Å². The van der Waals surface area contributed by atoms with Gasteiger partial charge in [-0.05, 0) is 31.6 Å². The van der Waals surface area contributed by atoms with E-state index in [1.165, 1.54) is 18.3 Å². The molecule has 0 saturated carbocycles. The molecule has 2 aromatic rings. The molecule has 1 atom stereocenters. The Hall–Kier alpha value is -2.41. The van der Waals surface area contributed by atoms with Crippen LogP contribution in [-0.4, -0.2) is 56.1 Å². The van der Waals surface area contributed by atoms with Crippen LogP contribution in [0.2, 0.25) is 0 Å². The van der Waals surface area contributed by atoms with Gasteiger partial charge >= 0.3 is 11.9 Å². The molecular formula is C15H17N3O4. The number of pyridine rings is 1. The van der Waals surface area contributed by atoms with E-state index in [2.05, 4.69) is 16.8 Å². The van der Waals surface area contributed by atoms with Crippen LogP contribution in [0.4, 0.5) is 0 Å². The second-order valence-electron chi connectivity index (χ2n) is 5.48. The molecule has 1 fully saturated rings. The highest BCUT2D eigenvalue weighted by Crippen LogP contribution is 2.28. The van der Waals surface area contributed by atoms with Crippen LogP contribution < -0.4 is 0 Å². The van der Waals surface area contributed by atoms with E-state index < -0.39 is 11.9 Å². The van der Waals surface area contributed by atoms with Gasteiger partial charge in [-0.25, -0.2) is 14.6 Å². The van der Waals surface area contributed by atoms with Gasteiger partial charge in [-0.1, -0.05) is 6.92 Å². The summed E-state index contributed by atoms with van der Waals surface area (Å²) in [6, 6.07) is 2.92. The van der Waals surface area contributed by atoms with Crippen LogP contribution in [0.25, 0.3) is 5.52 Å². The number of imidazole rings is 1. The van der Waals surface area contributed by atoms with Crippen molar-refractivity contribution in [3.05, 3.63) is 35.4 Å². The van der Waals surface area contributed by atoms with E-state index in [0.29, 0.717) is 11.3 Å². The second kappa shape index (κ2) is 5.42. The summed E-state index contributed by atoms with van der Waals surface area (Å²) in [6.45, 7) is 4.77. The molecule has 3 rings (SSSR count). The van der Waals surface area contributed by atoms with Crippen LogP contribution >= 0.6 is 0 Å². The fraction of sp³-hybridized carbons (Fsp3) is 0.400. The molecule has 0 aliphatic carbocycles. The van der Waals surface area contributed by atoms with E-state index in [1.807, 2.05) is 0 Å². The van der Waals surface area contributed by atoms with Crippen molar-refractivity contribution in [3.8, 4) is 0 Å². The fourth-order valence-electron chi connectivity index (χ4n) is 3.01. The number of aromatic carboxylic acids is 2. The first-order valence-corrected chi connectivity index (χ1v) is 7.22. The van der Waals surface area contributed by atoms with Crippen LogP contribution in [0.3, 0.4) is 0 Å². The van der Waals surface area contributed by atoms with Crippen molar-refractivity contribution in [2.45, 2.75) is 19.3 Å². The number of likely N-dealkylation sites (tertiary alicyclic amines) is 1. The molecule has 0 aromatic carbocycles. The van der Waals surface area contributed by atoms with Crippen molar-refractivity contribution in [1.82, 2.24) is 14.3 Å². The second-order valence-corrected chi connectivity index (χ2v) is 5.48. The Bertz CT molecular complexity index is 753. The molecule has 1 aliphatic heterocycles. The minimum atomic E-state index is -1.10. The highest BCUT2D eigenvalue weighted by atomic mass is 16.4. The Labute approximate surface area is 126 Å².